The first-order valence-corrected chi connectivity index (χ1v) is 12.6. The summed E-state index contributed by atoms with van der Waals surface area (Å²) in [6.07, 6.45) is 11.5. The first-order chi connectivity index (χ1) is 18.0. The SMILES string of the molecule is C.CCC.O=C(NC(Cc1ccccc1)C(=O)O)c1ccc(-c2ccc(OCC3=CCCC=C3)cc2)nc1. The summed E-state index contributed by atoms with van der Waals surface area (Å²) >= 11 is 0. The van der Waals surface area contributed by atoms with Crippen LogP contribution in [0.15, 0.2) is 96.7 Å². The van der Waals surface area contributed by atoms with E-state index < -0.39 is 17.9 Å². The number of rotatable bonds is 9. The van der Waals surface area contributed by atoms with Gasteiger partial charge in [0, 0.05) is 18.2 Å². The fourth-order valence-corrected chi connectivity index (χ4v) is 3.65. The van der Waals surface area contributed by atoms with Crippen LogP contribution in [0.25, 0.3) is 11.3 Å². The molecule has 6 heteroatoms. The highest BCUT2D eigenvalue weighted by Crippen LogP contribution is 2.22. The van der Waals surface area contributed by atoms with E-state index in [2.05, 4.69) is 42.4 Å². The highest BCUT2D eigenvalue weighted by Gasteiger charge is 2.21. The molecule has 1 amide bonds. The zero-order chi connectivity index (χ0) is 26.5. The summed E-state index contributed by atoms with van der Waals surface area (Å²) in [5.74, 6) is -0.783. The normalized spacial score (nSPS) is 12.6. The van der Waals surface area contributed by atoms with Crippen LogP contribution >= 0.6 is 0 Å². The van der Waals surface area contributed by atoms with Gasteiger partial charge in [-0.25, -0.2) is 4.79 Å². The van der Waals surface area contributed by atoms with Crippen LogP contribution in [0.1, 0.15) is 56.5 Å². The number of benzene rings is 2. The number of aromatic nitrogens is 1. The molecule has 0 saturated heterocycles. The van der Waals surface area contributed by atoms with Crippen molar-refractivity contribution in [3.8, 4) is 17.0 Å². The Hall–Kier alpha value is -4.19. The largest absolute Gasteiger partial charge is 0.489 e. The Morgan fingerprint density at radius 1 is 1.00 bits per heavy atom. The lowest BCUT2D eigenvalue weighted by Crippen LogP contribution is -2.42. The van der Waals surface area contributed by atoms with Gasteiger partial charge < -0.3 is 15.2 Å². The number of carboxylic acid groups (broad SMARTS) is 1. The quantitative estimate of drug-likeness (QED) is 0.325. The molecule has 2 aromatic carbocycles. The molecule has 0 saturated carbocycles. The van der Waals surface area contributed by atoms with E-state index in [0.29, 0.717) is 17.9 Å². The third-order valence-electron chi connectivity index (χ3n) is 5.54. The van der Waals surface area contributed by atoms with Crippen molar-refractivity contribution < 1.29 is 19.4 Å². The first-order valence-electron chi connectivity index (χ1n) is 12.6. The highest BCUT2D eigenvalue weighted by molar-refractivity contribution is 5.96. The van der Waals surface area contributed by atoms with Crippen LogP contribution in [0, 0.1) is 0 Å². The van der Waals surface area contributed by atoms with Crippen LogP contribution in [0.3, 0.4) is 0 Å². The Labute approximate surface area is 226 Å². The van der Waals surface area contributed by atoms with Crippen molar-refractivity contribution in [3.05, 3.63) is 108 Å². The maximum Gasteiger partial charge on any atom is 0.326 e. The fourth-order valence-electron chi connectivity index (χ4n) is 3.65. The molecule has 1 aliphatic carbocycles. The smallest absolute Gasteiger partial charge is 0.326 e. The number of carbonyl (C=O) groups is 2. The van der Waals surface area contributed by atoms with Gasteiger partial charge in [0.25, 0.3) is 5.91 Å². The second kappa shape index (κ2) is 15.8. The van der Waals surface area contributed by atoms with Gasteiger partial charge in [0.05, 0.1) is 11.3 Å². The predicted molar refractivity (Wildman–Crippen MR) is 153 cm³/mol. The fraction of sp³-hybridized carbons (Fsp3) is 0.281. The number of hydrogen-bond acceptors (Lipinski definition) is 4. The van der Waals surface area contributed by atoms with E-state index in [0.717, 1.165) is 29.7 Å². The number of aliphatic carboxylic acids is 1. The molecule has 2 N–H and O–H groups in total. The van der Waals surface area contributed by atoms with Gasteiger partial charge >= 0.3 is 5.97 Å². The third-order valence-corrected chi connectivity index (χ3v) is 5.54. The average molecular weight is 515 g/mol. The van der Waals surface area contributed by atoms with Gasteiger partial charge in [-0.2, -0.15) is 0 Å². The Morgan fingerprint density at radius 2 is 1.71 bits per heavy atom. The Morgan fingerprint density at radius 3 is 2.29 bits per heavy atom. The number of hydrogen-bond donors (Lipinski definition) is 2. The van der Waals surface area contributed by atoms with Crippen molar-refractivity contribution >= 4 is 11.9 Å². The molecule has 0 radical (unpaired) electrons. The highest BCUT2D eigenvalue weighted by atomic mass is 16.5. The summed E-state index contributed by atoms with van der Waals surface area (Å²) in [6, 6.07) is 19.2. The van der Waals surface area contributed by atoms with Gasteiger partial charge in [0.2, 0.25) is 0 Å². The molecule has 0 spiro atoms. The molecule has 1 heterocycles. The molecule has 6 nitrogen and oxygen atoms in total. The van der Waals surface area contributed by atoms with Crippen molar-refractivity contribution in [2.45, 2.75) is 53.0 Å². The van der Waals surface area contributed by atoms with E-state index in [9.17, 15) is 14.7 Å². The lowest BCUT2D eigenvalue weighted by Gasteiger charge is -2.15. The molecule has 1 unspecified atom stereocenters. The van der Waals surface area contributed by atoms with E-state index in [-0.39, 0.29) is 13.8 Å². The van der Waals surface area contributed by atoms with Crippen LogP contribution in [-0.4, -0.2) is 34.6 Å². The van der Waals surface area contributed by atoms with Gasteiger partial charge in [-0.3, -0.25) is 9.78 Å². The second-order valence-electron chi connectivity index (χ2n) is 8.77. The first kappa shape index (κ1) is 30.0. The van der Waals surface area contributed by atoms with Crippen LogP contribution in [0.4, 0.5) is 0 Å². The van der Waals surface area contributed by atoms with E-state index in [1.165, 1.54) is 18.2 Å². The second-order valence-corrected chi connectivity index (χ2v) is 8.77. The Balaban J connectivity index is 0.00000121. The summed E-state index contributed by atoms with van der Waals surface area (Å²) < 4.78 is 5.84. The summed E-state index contributed by atoms with van der Waals surface area (Å²) in [5.41, 5.74) is 3.92. The van der Waals surface area contributed by atoms with Crippen molar-refractivity contribution in [3.63, 3.8) is 0 Å². The van der Waals surface area contributed by atoms with Crippen LogP contribution in [-0.2, 0) is 11.2 Å². The van der Waals surface area contributed by atoms with Crippen molar-refractivity contribution in [1.29, 1.82) is 0 Å². The summed E-state index contributed by atoms with van der Waals surface area (Å²) in [4.78, 5) is 28.6. The molecular formula is C32H38N2O4. The van der Waals surface area contributed by atoms with Gasteiger partial charge in [-0.1, -0.05) is 76.3 Å². The number of allylic oxidation sites excluding steroid dienone is 2. The maximum atomic E-state index is 12.6. The van der Waals surface area contributed by atoms with Gasteiger partial charge in [-0.05, 0) is 60.4 Å². The molecule has 1 aliphatic rings. The lowest BCUT2D eigenvalue weighted by atomic mass is 10.1. The van der Waals surface area contributed by atoms with Gasteiger partial charge in [0.15, 0.2) is 0 Å². The third kappa shape index (κ3) is 9.36. The van der Waals surface area contributed by atoms with E-state index in [4.69, 9.17) is 4.74 Å². The number of nitrogens with zero attached hydrogens (tertiary/aromatic N) is 1. The zero-order valence-electron chi connectivity index (χ0n) is 21.4. The van der Waals surface area contributed by atoms with Crippen molar-refractivity contribution in [1.82, 2.24) is 10.3 Å². The van der Waals surface area contributed by atoms with E-state index in [1.54, 1.807) is 12.1 Å². The van der Waals surface area contributed by atoms with E-state index in [1.807, 2.05) is 54.6 Å². The number of amides is 1. The summed E-state index contributed by atoms with van der Waals surface area (Å²) in [7, 11) is 0. The average Bonchev–Trinajstić information content (AvgIpc) is 2.93. The number of carboxylic acids is 1. The van der Waals surface area contributed by atoms with Crippen LogP contribution in [0.5, 0.6) is 5.75 Å². The Bertz CT molecular complexity index is 1200. The van der Waals surface area contributed by atoms with Crippen molar-refractivity contribution in [2.75, 3.05) is 6.61 Å². The minimum absolute atomic E-state index is 0. The molecule has 1 aromatic heterocycles. The van der Waals surface area contributed by atoms with Gasteiger partial charge in [0.1, 0.15) is 18.4 Å². The molecular weight excluding hydrogens is 476 g/mol. The number of ether oxygens (including phenoxy) is 1. The standard InChI is InChI=1S/C28H26N2O4.C3H8.CH4/c31-27(30-26(28(32)33)17-20-7-3-1-4-8-20)23-13-16-25(29-18-23)22-11-14-24(15-12-22)34-19-21-9-5-2-6-10-21;1-3-2;/h1,3-5,7-16,18,26H,2,6,17,19H2,(H,30,31)(H,32,33);3H2,1-2H3;1H4. The van der Waals surface area contributed by atoms with Crippen molar-refractivity contribution in [2.24, 2.45) is 0 Å². The topological polar surface area (TPSA) is 88.5 Å². The summed E-state index contributed by atoms with van der Waals surface area (Å²) in [5, 5.41) is 12.1. The molecule has 0 aliphatic heterocycles. The molecule has 3 aromatic rings. The maximum absolute atomic E-state index is 12.6. The molecule has 38 heavy (non-hydrogen) atoms. The monoisotopic (exact) mass is 514 g/mol. The minimum Gasteiger partial charge on any atom is -0.489 e. The molecule has 200 valence electrons. The number of carbonyl (C=O) groups excluding carboxylic acids is 1. The number of nitrogens with one attached hydrogen (secondary N) is 1. The van der Waals surface area contributed by atoms with Crippen LogP contribution < -0.4 is 10.1 Å². The minimum atomic E-state index is -1.08. The number of pyridine rings is 1. The molecule has 0 fully saturated rings. The van der Waals surface area contributed by atoms with Crippen LogP contribution in [0.2, 0.25) is 0 Å². The summed E-state index contributed by atoms with van der Waals surface area (Å²) in [6.45, 7) is 4.79. The molecule has 1 atom stereocenters. The Kier molecular flexibility index (Phi) is 12.5. The molecule has 0 bridgehead atoms. The molecule has 4 rings (SSSR count). The van der Waals surface area contributed by atoms with Gasteiger partial charge in [-0.15, -0.1) is 0 Å². The van der Waals surface area contributed by atoms with E-state index >= 15 is 0 Å². The predicted octanol–water partition coefficient (Wildman–Crippen LogP) is 6.88. The zero-order valence-corrected chi connectivity index (χ0v) is 21.4. The lowest BCUT2D eigenvalue weighted by molar-refractivity contribution is -0.139.